The van der Waals surface area contributed by atoms with E-state index in [1.807, 2.05) is 0 Å². The Morgan fingerprint density at radius 1 is 1.17 bits per heavy atom. The zero-order chi connectivity index (χ0) is 21.9. The molecule has 0 heterocycles. The molecule has 1 spiro atoms. The maximum Gasteiger partial charge on any atom is 0.183 e. The van der Waals surface area contributed by atoms with Gasteiger partial charge in [0.1, 0.15) is 17.5 Å². The number of allylic oxidation sites excluding steroid dienone is 5. The average Bonchev–Trinajstić information content (AvgIpc) is 2.65. The number of carbonyl (C=O) groups excluding carboxylic acids is 3. The predicted octanol–water partition coefficient (Wildman–Crippen LogP) is 1.27. The normalized spacial score (nSPS) is 44.3. The molecule has 0 aromatic carbocycles. The summed E-state index contributed by atoms with van der Waals surface area (Å²) in [6.45, 7) is 4.16. The molecule has 0 radical (unpaired) electrons. The summed E-state index contributed by atoms with van der Waals surface area (Å²) in [6.07, 6.45) is 3.19. The Labute approximate surface area is 172 Å². The quantitative estimate of drug-likeness (QED) is 0.228. The Hall–Kier alpha value is -2.06. The second-order valence-corrected chi connectivity index (χ2v) is 8.66. The maximum absolute atomic E-state index is 13.2. The predicted molar refractivity (Wildman–Crippen MR) is 104 cm³/mol. The molecule has 0 aromatic heterocycles. The van der Waals surface area contributed by atoms with Crippen molar-refractivity contribution < 1.29 is 34.8 Å². The largest absolute Gasteiger partial charge is 0.508 e. The number of aliphatic hydroxyl groups excluding tert-OH is 3. The molecule has 29 heavy (non-hydrogen) atoms. The van der Waals surface area contributed by atoms with Gasteiger partial charge in [0.25, 0.3) is 0 Å². The van der Waals surface area contributed by atoms with Crippen molar-refractivity contribution in [2.75, 3.05) is 0 Å². The Kier molecular flexibility index (Phi) is 5.03. The van der Waals surface area contributed by atoms with E-state index in [2.05, 4.69) is 0 Å². The van der Waals surface area contributed by atoms with Gasteiger partial charge in [-0.3, -0.25) is 14.4 Å². The average molecular weight is 423 g/mol. The molecule has 4 N–H and O–H groups in total. The number of Topliss-reactive ketones (excluding diaryl/α,β-unsaturated/α-hetero) is 3. The number of hydrogen-bond donors (Lipinski definition) is 4. The second kappa shape index (κ2) is 6.74. The van der Waals surface area contributed by atoms with Crippen LogP contribution < -0.4 is 0 Å². The van der Waals surface area contributed by atoms with Crippen LogP contribution in [0.3, 0.4) is 0 Å². The highest BCUT2D eigenvalue weighted by Crippen LogP contribution is 2.64. The fourth-order valence-corrected chi connectivity index (χ4v) is 5.49. The second-order valence-electron chi connectivity index (χ2n) is 8.25. The van der Waals surface area contributed by atoms with Gasteiger partial charge in [0.15, 0.2) is 17.3 Å². The summed E-state index contributed by atoms with van der Waals surface area (Å²) >= 11 is 6.02. The zero-order valence-corrected chi connectivity index (χ0v) is 17.0. The van der Waals surface area contributed by atoms with Crippen molar-refractivity contribution in [2.45, 2.75) is 45.0 Å². The van der Waals surface area contributed by atoms with Crippen LogP contribution in [0.4, 0.5) is 0 Å². The Morgan fingerprint density at radius 2 is 1.79 bits per heavy atom. The van der Waals surface area contributed by atoms with Gasteiger partial charge in [-0.2, -0.15) is 0 Å². The minimum absolute atomic E-state index is 0.338. The summed E-state index contributed by atoms with van der Waals surface area (Å²) in [4.78, 5) is 39.3. The molecule has 0 amide bonds. The monoisotopic (exact) mass is 422 g/mol. The summed E-state index contributed by atoms with van der Waals surface area (Å²) in [5.74, 6) is -4.45. The summed E-state index contributed by atoms with van der Waals surface area (Å²) in [7, 11) is 0. The van der Waals surface area contributed by atoms with E-state index in [1.54, 1.807) is 19.1 Å². The highest BCUT2D eigenvalue weighted by molar-refractivity contribution is 6.44. The smallest absolute Gasteiger partial charge is 0.183 e. The molecule has 6 atom stereocenters. The Balaban J connectivity index is 2.37. The third-order valence-corrected chi connectivity index (χ3v) is 6.66. The van der Waals surface area contributed by atoms with Gasteiger partial charge in [-0.1, -0.05) is 29.8 Å². The Morgan fingerprint density at radius 3 is 2.38 bits per heavy atom. The summed E-state index contributed by atoms with van der Waals surface area (Å²) in [6, 6.07) is 0. The van der Waals surface area contributed by atoms with E-state index < -0.39 is 64.1 Å². The van der Waals surface area contributed by atoms with E-state index in [0.29, 0.717) is 0 Å². The van der Waals surface area contributed by atoms with E-state index >= 15 is 0 Å². The minimum atomic E-state index is -2.26. The van der Waals surface area contributed by atoms with Crippen molar-refractivity contribution in [3.8, 4) is 0 Å². The van der Waals surface area contributed by atoms with E-state index in [1.165, 1.54) is 19.1 Å². The number of rotatable bonds is 2. The molecular weight excluding hydrogens is 400 g/mol. The van der Waals surface area contributed by atoms with Crippen molar-refractivity contribution in [2.24, 2.45) is 16.7 Å². The number of halogens is 1. The lowest BCUT2D eigenvalue weighted by Crippen LogP contribution is -2.75. The molecule has 0 saturated heterocycles. The number of fused-ring (bicyclic) bond motifs is 2. The lowest BCUT2D eigenvalue weighted by Gasteiger charge is -2.61. The van der Waals surface area contributed by atoms with E-state index in [-0.39, 0.29) is 10.6 Å². The summed E-state index contributed by atoms with van der Waals surface area (Å²) in [5, 5.41) is 42.6. The molecule has 3 saturated carbocycles. The van der Waals surface area contributed by atoms with Crippen LogP contribution in [0.5, 0.6) is 0 Å². The third kappa shape index (κ3) is 2.65. The van der Waals surface area contributed by atoms with Crippen LogP contribution >= 0.6 is 11.6 Å². The maximum atomic E-state index is 13.2. The van der Waals surface area contributed by atoms with Crippen LogP contribution in [0, 0.1) is 16.7 Å². The van der Waals surface area contributed by atoms with Gasteiger partial charge in [-0.05, 0) is 39.3 Å². The zero-order valence-electron chi connectivity index (χ0n) is 16.2. The molecular formula is C21H23ClO7. The number of hydrogen-bond acceptors (Lipinski definition) is 7. The fraction of sp³-hybridized carbons (Fsp3) is 0.476. The SMILES string of the molecule is C/C=C/C=C/C(O)=C1/C(=O)[C@@]2(C)C[C@@]3(C(=O)C(Cl)=C[C@H](O)[C@@H]3O)[C@@H]1[C@](C)(O)C2=O. The van der Waals surface area contributed by atoms with Gasteiger partial charge < -0.3 is 20.4 Å². The molecule has 0 aliphatic heterocycles. The van der Waals surface area contributed by atoms with Gasteiger partial charge in [0, 0.05) is 11.5 Å². The van der Waals surface area contributed by atoms with Crippen LogP contribution in [-0.4, -0.2) is 55.6 Å². The van der Waals surface area contributed by atoms with Crippen molar-refractivity contribution in [3.63, 3.8) is 0 Å². The lowest BCUT2D eigenvalue weighted by atomic mass is 9.40. The Bertz CT molecular complexity index is 925. The van der Waals surface area contributed by atoms with Gasteiger partial charge in [0.05, 0.1) is 22.0 Å². The molecule has 2 bridgehead atoms. The van der Waals surface area contributed by atoms with Crippen LogP contribution in [0.2, 0.25) is 0 Å². The number of aliphatic hydroxyl groups is 4. The molecule has 156 valence electrons. The van der Waals surface area contributed by atoms with Crippen LogP contribution in [0.25, 0.3) is 0 Å². The van der Waals surface area contributed by atoms with Gasteiger partial charge >= 0.3 is 0 Å². The van der Waals surface area contributed by atoms with Crippen LogP contribution in [0.1, 0.15) is 27.2 Å². The third-order valence-electron chi connectivity index (χ3n) is 6.36. The standard InChI is InChI=1S/C21H23ClO7/c1-4-5-6-7-11(23)13-14-20(3,29)18(28)19(2,17(13)27)9-21(14)15(25)10(22)8-12(24)16(21)26/h4-8,12,14,16,23-24,26,29H,9H2,1-3H3/b5-4+,7-6+,13-11-/t12-,14-,16-,19+,20-,21-/m0/s1. The van der Waals surface area contributed by atoms with E-state index in [9.17, 15) is 34.8 Å². The number of carbonyl (C=O) groups is 3. The number of ketones is 3. The van der Waals surface area contributed by atoms with Crippen molar-refractivity contribution in [1.82, 2.24) is 0 Å². The first kappa shape index (κ1) is 21.6. The molecule has 4 rings (SSSR count). The lowest BCUT2D eigenvalue weighted by molar-refractivity contribution is -0.203. The highest BCUT2D eigenvalue weighted by atomic mass is 35.5. The minimum Gasteiger partial charge on any atom is -0.508 e. The van der Waals surface area contributed by atoms with E-state index in [4.69, 9.17) is 11.6 Å². The van der Waals surface area contributed by atoms with E-state index in [0.717, 1.165) is 13.0 Å². The first-order valence-corrected chi connectivity index (χ1v) is 9.58. The van der Waals surface area contributed by atoms with Crippen LogP contribution in [0.15, 0.2) is 46.7 Å². The van der Waals surface area contributed by atoms with Crippen molar-refractivity contribution in [1.29, 1.82) is 0 Å². The molecule has 0 unspecified atom stereocenters. The topological polar surface area (TPSA) is 132 Å². The van der Waals surface area contributed by atoms with Gasteiger partial charge in [0.2, 0.25) is 0 Å². The molecule has 7 nitrogen and oxygen atoms in total. The molecule has 3 fully saturated rings. The molecule has 4 aliphatic carbocycles. The molecule has 4 aliphatic rings. The first-order valence-electron chi connectivity index (χ1n) is 9.20. The molecule has 8 heteroatoms. The summed E-state index contributed by atoms with van der Waals surface area (Å²) < 4.78 is 0. The van der Waals surface area contributed by atoms with Gasteiger partial charge in [-0.25, -0.2) is 0 Å². The van der Waals surface area contributed by atoms with Crippen molar-refractivity contribution >= 4 is 29.0 Å². The highest BCUT2D eigenvalue weighted by Gasteiger charge is 2.77. The van der Waals surface area contributed by atoms with Gasteiger partial charge in [-0.15, -0.1) is 0 Å². The molecule has 0 aromatic rings. The first-order chi connectivity index (χ1) is 13.4. The van der Waals surface area contributed by atoms with Crippen molar-refractivity contribution in [3.05, 3.63) is 46.7 Å². The fourth-order valence-electron chi connectivity index (χ4n) is 5.19. The summed E-state index contributed by atoms with van der Waals surface area (Å²) in [5.41, 5.74) is -6.44. The van der Waals surface area contributed by atoms with Crippen LogP contribution in [-0.2, 0) is 14.4 Å².